The molecule has 0 aliphatic carbocycles. The third-order valence-corrected chi connectivity index (χ3v) is 2.48. The van der Waals surface area contributed by atoms with Crippen LogP contribution in [0.4, 0.5) is 0 Å². The Balaban J connectivity index is 2.28. The Bertz CT molecular complexity index is 341. The average Bonchev–Trinajstić information content (AvgIpc) is 2.33. The number of methoxy groups -OCH3 is 1. The lowest BCUT2D eigenvalue weighted by atomic mass is 10.6. The second-order valence-electron chi connectivity index (χ2n) is 2.97. The standard InChI is InChI=1S/C10H15ClN2O3S/c1-14-3-4-15-5-6-16-9-7-8(11)12-10(13-9)17-2/h7H,3-6H2,1-2H3. The zero-order chi connectivity index (χ0) is 12.5. The van der Waals surface area contributed by atoms with E-state index in [1.54, 1.807) is 13.2 Å². The van der Waals surface area contributed by atoms with Crippen molar-refractivity contribution in [2.24, 2.45) is 0 Å². The lowest BCUT2D eigenvalue weighted by molar-refractivity contribution is 0.0535. The summed E-state index contributed by atoms with van der Waals surface area (Å²) in [7, 11) is 1.63. The molecule has 0 fully saturated rings. The Morgan fingerprint density at radius 2 is 2.00 bits per heavy atom. The van der Waals surface area contributed by atoms with Crippen molar-refractivity contribution in [1.82, 2.24) is 9.97 Å². The van der Waals surface area contributed by atoms with Crippen LogP contribution in [0, 0.1) is 0 Å². The first-order valence-corrected chi connectivity index (χ1v) is 6.64. The number of hydrogen-bond acceptors (Lipinski definition) is 6. The van der Waals surface area contributed by atoms with E-state index in [1.165, 1.54) is 11.8 Å². The second-order valence-corrected chi connectivity index (χ2v) is 4.13. The van der Waals surface area contributed by atoms with Crippen LogP contribution in [-0.2, 0) is 9.47 Å². The van der Waals surface area contributed by atoms with Crippen molar-refractivity contribution in [1.29, 1.82) is 0 Å². The van der Waals surface area contributed by atoms with Crippen molar-refractivity contribution in [3.05, 3.63) is 11.2 Å². The number of ether oxygens (including phenoxy) is 3. The molecule has 96 valence electrons. The smallest absolute Gasteiger partial charge is 0.218 e. The van der Waals surface area contributed by atoms with Crippen molar-refractivity contribution < 1.29 is 14.2 Å². The second kappa shape index (κ2) is 8.52. The van der Waals surface area contributed by atoms with E-state index in [0.29, 0.717) is 42.6 Å². The maximum atomic E-state index is 5.82. The molecule has 1 aromatic heterocycles. The van der Waals surface area contributed by atoms with Crippen molar-refractivity contribution in [3.8, 4) is 5.88 Å². The van der Waals surface area contributed by atoms with E-state index in [-0.39, 0.29) is 0 Å². The number of hydrogen-bond donors (Lipinski definition) is 0. The van der Waals surface area contributed by atoms with Gasteiger partial charge in [0.1, 0.15) is 11.8 Å². The van der Waals surface area contributed by atoms with Gasteiger partial charge in [-0.1, -0.05) is 23.4 Å². The maximum absolute atomic E-state index is 5.82. The van der Waals surface area contributed by atoms with Gasteiger partial charge < -0.3 is 14.2 Å². The molecule has 17 heavy (non-hydrogen) atoms. The first-order chi connectivity index (χ1) is 8.26. The maximum Gasteiger partial charge on any atom is 0.218 e. The summed E-state index contributed by atoms with van der Waals surface area (Å²) in [5.41, 5.74) is 0. The van der Waals surface area contributed by atoms with E-state index < -0.39 is 0 Å². The van der Waals surface area contributed by atoms with E-state index in [1.807, 2.05) is 6.26 Å². The molecule has 0 N–H and O–H groups in total. The molecule has 1 aromatic rings. The van der Waals surface area contributed by atoms with Crippen LogP contribution in [0.2, 0.25) is 5.15 Å². The molecular weight excluding hydrogens is 264 g/mol. The summed E-state index contributed by atoms with van der Waals surface area (Å²) in [5, 5.41) is 0.965. The van der Waals surface area contributed by atoms with Crippen LogP contribution < -0.4 is 4.74 Å². The fourth-order valence-corrected chi connectivity index (χ4v) is 1.59. The highest BCUT2D eigenvalue weighted by molar-refractivity contribution is 7.98. The molecule has 0 saturated carbocycles. The molecule has 1 heterocycles. The van der Waals surface area contributed by atoms with E-state index in [4.69, 9.17) is 25.8 Å². The molecule has 5 nitrogen and oxygen atoms in total. The average molecular weight is 279 g/mol. The van der Waals surface area contributed by atoms with Gasteiger partial charge in [0.2, 0.25) is 5.88 Å². The number of thioether (sulfide) groups is 1. The quantitative estimate of drug-likeness (QED) is 0.313. The van der Waals surface area contributed by atoms with Crippen LogP contribution in [0.15, 0.2) is 11.2 Å². The molecule has 0 amide bonds. The molecule has 0 spiro atoms. The largest absolute Gasteiger partial charge is 0.475 e. The van der Waals surface area contributed by atoms with Gasteiger partial charge >= 0.3 is 0 Å². The fourth-order valence-electron chi connectivity index (χ4n) is 0.992. The summed E-state index contributed by atoms with van der Waals surface area (Å²) in [6, 6.07) is 1.58. The topological polar surface area (TPSA) is 53.5 Å². The van der Waals surface area contributed by atoms with Crippen molar-refractivity contribution in [2.45, 2.75) is 5.16 Å². The Hall–Kier alpha value is -0.560. The molecule has 0 aromatic carbocycles. The van der Waals surface area contributed by atoms with Gasteiger partial charge in [-0.2, -0.15) is 4.98 Å². The minimum Gasteiger partial charge on any atom is -0.475 e. The van der Waals surface area contributed by atoms with Gasteiger partial charge in [0, 0.05) is 13.2 Å². The van der Waals surface area contributed by atoms with Gasteiger partial charge in [-0.15, -0.1) is 0 Å². The van der Waals surface area contributed by atoms with Crippen LogP contribution in [0.25, 0.3) is 0 Å². The van der Waals surface area contributed by atoms with Gasteiger partial charge in [-0.05, 0) is 6.26 Å². The van der Waals surface area contributed by atoms with Gasteiger partial charge in [0.25, 0.3) is 0 Å². The predicted octanol–water partition coefficient (Wildman–Crippen LogP) is 1.89. The molecule has 0 atom stereocenters. The molecule has 0 aliphatic heterocycles. The number of rotatable bonds is 8. The molecule has 0 aliphatic rings. The Morgan fingerprint density at radius 3 is 2.71 bits per heavy atom. The van der Waals surface area contributed by atoms with Gasteiger partial charge in [-0.25, -0.2) is 4.98 Å². The van der Waals surface area contributed by atoms with Crippen molar-refractivity contribution in [2.75, 3.05) is 39.8 Å². The van der Waals surface area contributed by atoms with Crippen LogP contribution in [0.1, 0.15) is 0 Å². The zero-order valence-electron chi connectivity index (χ0n) is 9.81. The minimum absolute atomic E-state index is 0.375. The fraction of sp³-hybridized carbons (Fsp3) is 0.600. The third-order valence-electron chi connectivity index (χ3n) is 1.74. The lowest BCUT2D eigenvalue weighted by Crippen LogP contribution is -2.10. The Labute approximate surface area is 110 Å². The van der Waals surface area contributed by atoms with Crippen molar-refractivity contribution in [3.63, 3.8) is 0 Å². The summed E-state index contributed by atoms with van der Waals surface area (Å²) in [4.78, 5) is 8.16. The van der Waals surface area contributed by atoms with Gasteiger partial charge in [0.15, 0.2) is 5.16 Å². The molecule has 0 unspecified atom stereocenters. The Morgan fingerprint density at radius 1 is 1.24 bits per heavy atom. The normalized spacial score (nSPS) is 10.5. The highest BCUT2D eigenvalue weighted by Crippen LogP contribution is 2.18. The highest BCUT2D eigenvalue weighted by atomic mass is 35.5. The number of aromatic nitrogens is 2. The summed E-state index contributed by atoms with van der Waals surface area (Å²) >= 11 is 7.23. The Kier molecular flexibility index (Phi) is 7.27. The van der Waals surface area contributed by atoms with E-state index in [0.717, 1.165) is 0 Å². The molecule has 0 radical (unpaired) electrons. The summed E-state index contributed by atoms with van der Waals surface area (Å²) in [5.74, 6) is 0.463. The van der Waals surface area contributed by atoms with Crippen molar-refractivity contribution >= 4 is 23.4 Å². The zero-order valence-corrected chi connectivity index (χ0v) is 11.4. The molecule has 7 heteroatoms. The van der Waals surface area contributed by atoms with Crippen LogP contribution in [0.3, 0.4) is 0 Å². The monoisotopic (exact) mass is 278 g/mol. The number of nitrogens with zero attached hydrogens (tertiary/aromatic N) is 2. The molecule has 1 rings (SSSR count). The summed E-state index contributed by atoms with van der Waals surface area (Å²) in [6.07, 6.45) is 1.88. The highest BCUT2D eigenvalue weighted by Gasteiger charge is 2.03. The van der Waals surface area contributed by atoms with E-state index >= 15 is 0 Å². The van der Waals surface area contributed by atoms with Gasteiger partial charge in [-0.3, -0.25) is 0 Å². The summed E-state index contributed by atoms with van der Waals surface area (Å²) < 4.78 is 15.5. The van der Waals surface area contributed by atoms with E-state index in [9.17, 15) is 0 Å². The SMILES string of the molecule is COCCOCCOc1cc(Cl)nc(SC)n1. The minimum atomic E-state index is 0.375. The number of halogens is 1. The van der Waals surface area contributed by atoms with Crippen LogP contribution >= 0.6 is 23.4 Å². The van der Waals surface area contributed by atoms with Gasteiger partial charge in [0.05, 0.1) is 19.8 Å². The molecular formula is C10H15ClN2O3S. The molecule has 0 saturated heterocycles. The summed E-state index contributed by atoms with van der Waals surface area (Å²) in [6.45, 7) is 2.04. The van der Waals surface area contributed by atoms with Crippen LogP contribution in [-0.4, -0.2) is 49.8 Å². The first kappa shape index (κ1) is 14.5. The first-order valence-electron chi connectivity index (χ1n) is 5.04. The third kappa shape index (κ3) is 6.07. The van der Waals surface area contributed by atoms with E-state index in [2.05, 4.69) is 9.97 Å². The van der Waals surface area contributed by atoms with Crippen LogP contribution in [0.5, 0.6) is 5.88 Å². The lowest BCUT2D eigenvalue weighted by Gasteiger charge is -2.07. The predicted molar refractivity (Wildman–Crippen MR) is 67.0 cm³/mol. The molecule has 0 bridgehead atoms.